The molecule has 100 valence electrons. The molecule has 0 aliphatic heterocycles. The van der Waals surface area contributed by atoms with Crippen LogP contribution in [0.25, 0.3) is 0 Å². The molecule has 0 fully saturated rings. The summed E-state index contributed by atoms with van der Waals surface area (Å²) >= 11 is 11.7. The normalized spacial score (nSPS) is 11.3. The summed E-state index contributed by atoms with van der Waals surface area (Å²) in [4.78, 5) is 3.67. The van der Waals surface area contributed by atoms with E-state index < -0.39 is 10.0 Å². The van der Waals surface area contributed by atoms with Gasteiger partial charge in [-0.2, -0.15) is 0 Å². The Morgan fingerprint density at radius 2 is 1.89 bits per heavy atom. The maximum atomic E-state index is 12.2. The minimum absolute atomic E-state index is 0.0731. The molecule has 19 heavy (non-hydrogen) atoms. The predicted octanol–water partition coefficient (Wildman–Crippen LogP) is 3.50. The standard InChI is InChI=1S/C12H10Cl2N2O2S/c1-8-9(13)4-2-5-10(8)16-19(17,18)11-6-3-7-15-12(11)14/h2-7,16H,1H3. The van der Waals surface area contributed by atoms with E-state index in [4.69, 9.17) is 23.2 Å². The highest BCUT2D eigenvalue weighted by atomic mass is 35.5. The number of rotatable bonds is 3. The van der Waals surface area contributed by atoms with Crippen LogP contribution in [0.15, 0.2) is 41.4 Å². The second-order valence-corrected chi connectivity index (χ2v) is 6.23. The van der Waals surface area contributed by atoms with Gasteiger partial charge in [0.25, 0.3) is 10.0 Å². The van der Waals surface area contributed by atoms with Crippen LogP contribution in [0.2, 0.25) is 10.2 Å². The third-order valence-corrected chi connectivity index (χ3v) is 4.75. The van der Waals surface area contributed by atoms with Gasteiger partial charge in [-0.1, -0.05) is 29.3 Å². The summed E-state index contributed by atoms with van der Waals surface area (Å²) in [5.74, 6) is 0. The van der Waals surface area contributed by atoms with Gasteiger partial charge in [0, 0.05) is 11.2 Å². The van der Waals surface area contributed by atoms with E-state index in [0.29, 0.717) is 16.3 Å². The summed E-state index contributed by atoms with van der Waals surface area (Å²) in [7, 11) is -3.79. The molecule has 1 aromatic heterocycles. The number of nitrogens with one attached hydrogen (secondary N) is 1. The Morgan fingerprint density at radius 1 is 1.16 bits per heavy atom. The van der Waals surface area contributed by atoms with E-state index in [1.165, 1.54) is 18.3 Å². The van der Waals surface area contributed by atoms with Gasteiger partial charge in [0.1, 0.15) is 10.0 Å². The Morgan fingerprint density at radius 3 is 2.58 bits per heavy atom. The minimum atomic E-state index is -3.79. The van der Waals surface area contributed by atoms with Gasteiger partial charge in [-0.05, 0) is 36.8 Å². The van der Waals surface area contributed by atoms with E-state index in [2.05, 4.69) is 9.71 Å². The van der Waals surface area contributed by atoms with Crippen molar-refractivity contribution >= 4 is 38.9 Å². The van der Waals surface area contributed by atoms with Crippen LogP contribution in [0.5, 0.6) is 0 Å². The highest BCUT2D eigenvalue weighted by Crippen LogP contribution is 2.26. The monoisotopic (exact) mass is 316 g/mol. The molecular weight excluding hydrogens is 307 g/mol. The van der Waals surface area contributed by atoms with Crippen LogP contribution in [0.1, 0.15) is 5.56 Å². The largest absolute Gasteiger partial charge is 0.279 e. The average Bonchev–Trinajstić information content (AvgIpc) is 2.35. The van der Waals surface area contributed by atoms with Gasteiger partial charge in [-0.3, -0.25) is 4.72 Å². The molecule has 4 nitrogen and oxygen atoms in total. The molecule has 2 rings (SSSR count). The van der Waals surface area contributed by atoms with Crippen LogP contribution in [0.4, 0.5) is 5.69 Å². The predicted molar refractivity (Wildman–Crippen MR) is 76.2 cm³/mol. The molecular formula is C12H10Cl2N2O2S. The third kappa shape index (κ3) is 3.00. The maximum absolute atomic E-state index is 12.2. The van der Waals surface area contributed by atoms with Crippen LogP contribution in [0.3, 0.4) is 0 Å². The number of hydrogen-bond donors (Lipinski definition) is 1. The van der Waals surface area contributed by atoms with Crippen molar-refractivity contribution in [3.05, 3.63) is 52.3 Å². The molecule has 0 saturated heterocycles. The van der Waals surface area contributed by atoms with E-state index in [-0.39, 0.29) is 10.0 Å². The molecule has 1 heterocycles. The van der Waals surface area contributed by atoms with Crippen LogP contribution in [0, 0.1) is 6.92 Å². The first-order chi connectivity index (χ1) is 8.92. The topological polar surface area (TPSA) is 59.1 Å². The van der Waals surface area contributed by atoms with Crippen molar-refractivity contribution in [3.63, 3.8) is 0 Å². The molecule has 0 atom stereocenters. The van der Waals surface area contributed by atoms with Crippen molar-refractivity contribution in [2.45, 2.75) is 11.8 Å². The summed E-state index contributed by atoms with van der Waals surface area (Å²) in [6.45, 7) is 1.73. The van der Waals surface area contributed by atoms with Crippen molar-refractivity contribution in [2.75, 3.05) is 4.72 Å². The van der Waals surface area contributed by atoms with Crippen LogP contribution in [-0.4, -0.2) is 13.4 Å². The van der Waals surface area contributed by atoms with Gasteiger partial charge in [-0.15, -0.1) is 0 Å². The van der Waals surface area contributed by atoms with Crippen molar-refractivity contribution in [1.29, 1.82) is 0 Å². The Kier molecular flexibility index (Phi) is 3.99. The Bertz CT molecular complexity index is 717. The average molecular weight is 317 g/mol. The minimum Gasteiger partial charge on any atom is -0.279 e. The van der Waals surface area contributed by atoms with E-state index >= 15 is 0 Å². The second-order valence-electron chi connectivity index (χ2n) is 3.81. The zero-order chi connectivity index (χ0) is 14.0. The van der Waals surface area contributed by atoms with E-state index in [1.807, 2.05) is 0 Å². The quantitative estimate of drug-likeness (QED) is 0.882. The number of anilines is 1. The molecule has 0 amide bonds. The Balaban J connectivity index is 2.43. The fraction of sp³-hybridized carbons (Fsp3) is 0.0833. The van der Waals surface area contributed by atoms with Gasteiger partial charge in [0.15, 0.2) is 0 Å². The third-order valence-electron chi connectivity index (χ3n) is 2.53. The lowest BCUT2D eigenvalue weighted by atomic mass is 10.2. The number of halogens is 2. The van der Waals surface area contributed by atoms with Gasteiger partial charge in [0.2, 0.25) is 0 Å². The first-order valence-corrected chi connectivity index (χ1v) is 7.54. The van der Waals surface area contributed by atoms with Gasteiger partial charge in [-0.25, -0.2) is 13.4 Å². The van der Waals surface area contributed by atoms with Crippen molar-refractivity contribution in [3.8, 4) is 0 Å². The molecule has 7 heteroatoms. The molecule has 0 aliphatic rings. The number of hydrogen-bond acceptors (Lipinski definition) is 3. The SMILES string of the molecule is Cc1c(Cl)cccc1NS(=O)(=O)c1cccnc1Cl. The number of sulfonamides is 1. The van der Waals surface area contributed by atoms with Crippen LogP contribution >= 0.6 is 23.2 Å². The smallest absolute Gasteiger partial charge is 0.264 e. The molecule has 0 spiro atoms. The molecule has 0 aliphatic carbocycles. The first kappa shape index (κ1) is 14.1. The van der Waals surface area contributed by atoms with Crippen molar-refractivity contribution in [2.24, 2.45) is 0 Å². The zero-order valence-electron chi connectivity index (χ0n) is 9.89. The highest BCUT2D eigenvalue weighted by molar-refractivity contribution is 7.92. The molecule has 0 unspecified atom stereocenters. The first-order valence-electron chi connectivity index (χ1n) is 5.30. The van der Waals surface area contributed by atoms with E-state index in [1.54, 1.807) is 25.1 Å². The fourth-order valence-corrected chi connectivity index (χ4v) is 3.24. The summed E-state index contributed by atoms with van der Waals surface area (Å²) in [6, 6.07) is 7.87. The van der Waals surface area contributed by atoms with Gasteiger partial charge >= 0.3 is 0 Å². The molecule has 1 N–H and O–H groups in total. The summed E-state index contributed by atoms with van der Waals surface area (Å²) in [5.41, 5.74) is 1.06. The maximum Gasteiger partial charge on any atom is 0.264 e. The van der Waals surface area contributed by atoms with E-state index in [9.17, 15) is 8.42 Å². The van der Waals surface area contributed by atoms with Crippen molar-refractivity contribution in [1.82, 2.24) is 4.98 Å². The number of nitrogens with zero attached hydrogens (tertiary/aromatic N) is 1. The number of benzene rings is 1. The van der Waals surface area contributed by atoms with Crippen molar-refractivity contribution < 1.29 is 8.42 Å². The molecule has 2 aromatic rings. The van der Waals surface area contributed by atoms with Crippen LogP contribution in [-0.2, 0) is 10.0 Å². The Labute approximate surface area is 121 Å². The van der Waals surface area contributed by atoms with Gasteiger partial charge < -0.3 is 0 Å². The summed E-state index contributed by atoms with van der Waals surface area (Å²) in [5, 5.41) is 0.409. The van der Waals surface area contributed by atoms with Gasteiger partial charge in [0.05, 0.1) is 5.69 Å². The summed E-state index contributed by atoms with van der Waals surface area (Å²) in [6.07, 6.45) is 1.42. The fourth-order valence-electron chi connectivity index (χ4n) is 1.49. The molecule has 0 radical (unpaired) electrons. The number of pyridine rings is 1. The molecule has 0 saturated carbocycles. The highest BCUT2D eigenvalue weighted by Gasteiger charge is 2.19. The Hall–Kier alpha value is -1.30. The molecule has 0 bridgehead atoms. The summed E-state index contributed by atoms with van der Waals surface area (Å²) < 4.78 is 26.9. The zero-order valence-corrected chi connectivity index (χ0v) is 12.2. The lowest BCUT2D eigenvalue weighted by Gasteiger charge is -2.11. The van der Waals surface area contributed by atoms with E-state index in [0.717, 1.165) is 0 Å². The van der Waals surface area contributed by atoms with Crippen LogP contribution < -0.4 is 4.72 Å². The lowest BCUT2D eigenvalue weighted by Crippen LogP contribution is -2.14. The molecule has 1 aromatic carbocycles. The second kappa shape index (κ2) is 5.36. The lowest BCUT2D eigenvalue weighted by molar-refractivity contribution is 0.601. The number of aromatic nitrogens is 1.